The molecule has 1 aliphatic rings. The third-order valence-corrected chi connectivity index (χ3v) is 4.41. The highest BCUT2D eigenvalue weighted by Crippen LogP contribution is 2.20. The summed E-state index contributed by atoms with van der Waals surface area (Å²) in [5, 5.41) is 1.17. The van der Waals surface area contributed by atoms with Crippen molar-refractivity contribution in [2.24, 2.45) is 0 Å². The number of halogens is 1. The van der Waals surface area contributed by atoms with Crippen LogP contribution in [0.4, 0.5) is 4.39 Å². The van der Waals surface area contributed by atoms with E-state index < -0.39 is 0 Å². The van der Waals surface area contributed by atoms with Gasteiger partial charge in [0.05, 0.1) is 18.2 Å². The van der Waals surface area contributed by atoms with Crippen LogP contribution in [-0.2, 0) is 17.9 Å². The fraction of sp³-hybridized carbons (Fsp3) is 0.250. The van der Waals surface area contributed by atoms with Gasteiger partial charge in [-0.25, -0.2) is 4.39 Å². The van der Waals surface area contributed by atoms with Crippen molar-refractivity contribution in [2.75, 3.05) is 13.1 Å². The Morgan fingerprint density at radius 2 is 1.88 bits per heavy atom. The molecule has 3 nitrogen and oxygen atoms in total. The van der Waals surface area contributed by atoms with E-state index in [1.165, 1.54) is 17.0 Å². The van der Waals surface area contributed by atoms with Crippen LogP contribution in [-0.4, -0.2) is 29.1 Å². The Labute approximate surface area is 140 Å². The highest BCUT2D eigenvalue weighted by atomic mass is 19.1. The first-order valence-electron chi connectivity index (χ1n) is 8.19. The number of fused-ring (bicyclic) bond motifs is 1. The first-order chi connectivity index (χ1) is 11.8. The third-order valence-electron chi connectivity index (χ3n) is 4.41. The number of aromatic nitrogens is 1. The minimum absolute atomic E-state index is 0.179. The number of hydrogen-bond acceptors (Lipinski definition) is 3. The van der Waals surface area contributed by atoms with Crippen LogP contribution in [0.5, 0.6) is 0 Å². The normalized spacial score (nSPS) is 15.5. The molecule has 4 heteroatoms. The van der Waals surface area contributed by atoms with Crippen LogP contribution >= 0.6 is 0 Å². The molecule has 2 heterocycles. The van der Waals surface area contributed by atoms with Gasteiger partial charge >= 0.3 is 0 Å². The van der Waals surface area contributed by atoms with E-state index in [0.29, 0.717) is 12.2 Å². The molecule has 4 rings (SSSR count). The van der Waals surface area contributed by atoms with Crippen molar-refractivity contribution in [3.8, 4) is 0 Å². The molecular formula is C20H19FN2O. The van der Waals surface area contributed by atoms with Crippen molar-refractivity contribution in [2.45, 2.75) is 19.3 Å². The Morgan fingerprint density at radius 3 is 2.75 bits per heavy atom. The SMILES string of the molecule is Fc1ccccc1COC1CN(Cc2cnc3ccccc3c2)C1. The van der Waals surface area contributed by atoms with Gasteiger partial charge in [0.1, 0.15) is 5.82 Å². The summed E-state index contributed by atoms with van der Waals surface area (Å²) in [6, 6.07) is 17.1. The minimum Gasteiger partial charge on any atom is -0.371 e. The highest BCUT2D eigenvalue weighted by Gasteiger charge is 2.27. The molecule has 24 heavy (non-hydrogen) atoms. The summed E-state index contributed by atoms with van der Waals surface area (Å²) in [5.41, 5.74) is 2.85. The fourth-order valence-electron chi connectivity index (χ4n) is 3.04. The Bertz CT molecular complexity index is 846. The van der Waals surface area contributed by atoms with E-state index >= 15 is 0 Å². The van der Waals surface area contributed by atoms with Crippen molar-refractivity contribution in [1.29, 1.82) is 0 Å². The van der Waals surface area contributed by atoms with Crippen LogP contribution in [0.1, 0.15) is 11.1 Å². The number of rotatable bonds is 5. The van der Waals surface area contributed by atoms with Gasteiger partial charge in [-0.3, -0.25) is 9.88 Å². The van der Waals surface area contributed by atoms with Crippen LogP contribution in [0.25, 0.3) is 10.9 Å². The van der Waals surface area contributed by atoms with Gasteiger partial charge in [-0.15, -0.1) is 0 Å². The molecule has 0 N–H and O–H groups in total. The molecule has 0 bridgehead atoms. The molecule has 3 aromatic rings. The van der Waals surface area contributed by atoms with Crippen LogP contribution in [0.3, 0.4) is 0 Å². The van der Waals surface area contributed by atoms with Gasteiger partial charge < -0.3 is 4.74 Å². The number of para-hydroxylation sites is 1. The van der Waals surface area contributed by atoms with E-state index in [1.54, 1.807) is 12.1 Å². The second kappa shape index (κ2) is 6.67. The van der Waals surface area contributed by atoms with E-state index in [4.69, 9.17) is 4.74 Å². The summed E-state index contributed by atoms with van der Waals surface area (Å²) in [6.45, 7) is 2.96. The van der Waals surface area contributed by atoms with E-state index in [0.717, 1.165) is 25.2 Å². The zero-order valence-electron chi connectivity index (χ0n) is 13.4. The summed E-state index contributed by atoms with van der Waals surface area (Å²) >= 11 is 0. The molecule has 1 aliphatic heterocycles. The summed E-state index contributed by atoms with van der Waals surface area (Å²) in [7, 11) is 0. The van der Waals surface area contributed by atoms with E-state index in [2.05, 4.69) is 22.0 Å². The van der Waals surface area contributed by atoms with Crippen molar-refractivity contribution in [3.05, 3.63) is 77.7 Å². The Hall–Kier alpha value is -2.30. The lowest BCUT2D eigenvalue weighted by Crippen LogP contribution is -2.51. The maximum atomic E-state index is 13.6. The van der Waals surface area contributed by atoms with Crippen LogP contribution < -0.4 is 0 Å². The summed E-state index contributed by atoms with van der Waals surface area (Å²) < 4.78 is 19.3. The van der Waals surface area contributed by atoms with Gasteiger partial charge in [-0.2, -0.15) is 0 Å². The van der Waals surface area contributed by atoms with E-state index in [1.807, 2.05) is 30.5 Å². The smallest absolute Gasteiger partial charge is 0.128 e. The lowest BCUT2D eigenvalue weighted by atomic mass is 10.1. The molecule has 0 aliphatic carbocycles. The van der Waals surface area contributed by atoms with Crippen LogP contribution in [0.2, 0.25) is 0 Å². The summed E-state index contributed by atoms with van der Waals surface area (Å²) in [6.07, 6.45) is 2.12. The van der Waals surface area contributed by atoms with Gasteiger partial charge in [0.25, 0.3) is 0 Å². The largest absolute Gasteiger partial charge is 0.371 e. The third kappa shape index (κ3) is 3.30. The van der Waals surface area contributed by atoms with Gasteiger partial charge in [-0.1, -0.05) is 36.4 Å². The molecule has 0 amide bonds. The number of hydrogen-bond donors (Lipinski definition) is 0. The fourth-order valence-corrected chi connectivity index (χ4v) is 3.04. The molecule has 0 spiro atoms. The molecule has 1 saturated heterocycles. The average Bonchev–Trinajstić information content (AvgIpc) is 2.58. The molecule has 2 aromatic carbocycles. The van der Waals surface area contributed by atoms with Gasteiger partial charge in [0, 0.05) is 36.8 Å². The topological polar surface area (TPSA) is 25.4 Å². The molecule has 0 unspecified atom stereocenters. The van der Waals surface area contributed by atoms with Crippen molar-refractivity contribution >= 4 is 10.9 Å². The average molecular weight is 322 g/mol. The first-order valence-corrected chi connectivity index (χ1v) is 8.19. The molecule has 0 atom stereocenters. The molecule has 122 valence electrons. The van der Waals surface area contributed by atoms with Crippen LogP contribution in [0, 0.1) is 5.82 Å². The monoisotopic (exact) mass is 322 g/mol. The Balaban J connectivity index is 1.29. The standard InChI is InChI=1S/C20H19FN2O/c21-19-7-3-1-6-17(19)14-24-18-12-23(13-18)11-15-9-16-5-2-4-8-20(16)22-10-15/h1-10,18H,11-14H2. The lowest BCUT2D eigenvalue weighted by molar-refractivity contribution is -0.0665. The predicted octanol–water partition coefficient (Wildman–Crippen LogP) is 3.77. The second-order valence-electron chi connectivity index (χ2n) is 6.25. The zero-order valence-corrected chi connectivity index (χ0v) is 13.4. The maximum Gasteiger partial charge on any atom is 0.128 e. The second-order valence-corrected chi connectivity index (χ2v) is 6.25. The van der Waals surface area contributed by atoms with E-state index in [-0.39, 0.29) is 11.9 Å². The quantitative estimate of drug-likeness (QED) is 0.715. The number of pyridine rings is 1. The number of benzene rings is 2. The minimum atomic E-state index is -0.198. The molecule has 1 aromatic heterocycles. The van der Waals surface area contributed by atoms with Gasteiger partial charge in [0.2, 0.25) is 0 Å². The highest BCUT2D eigenvalue weighted by molar-refractivity contribution is 5.78. The predicted molar refractivity (Wildman–Crippen MR) is 92.0 cm³/mol. The number of ether oxygens (including phenoxy) is 1. The molecule has 0 saturated carbocycles. The Morgan fingerprint density at radius 1 is 1.08 bits per heavy atom. The van der Waals surface area contributed by atoms with Crippen molar-refractivity contribution in [3.63, 3.8) is 0 Å². The summed E-state index contributed by atoms with van der Waals surface area (Å²) in [4.78, 5) is 6.82. The van der Waals surface area contributed by atoms with E-state index in [9.17, 15) is 4.39 Å². The van der Waals surface area contributed by atoms with Gasteiger partial charge in [-0.05, 0) is 23.8 Å². The van der Waals surface area contributed by atoms with Crippen molar-refractivity contribution < 1.29 is 9.13 Å². The van der Waals surface area contributed by atoms with Crippen molar-refractivity contribution in [1.82, 2.24) is 9.88 Å². The Kier molecular flexibility index (Phi) is 4.24. The number of likely N-dealkylation sites (tertiary alicyclic amines) is 1. The number of nitrogens with zero attached hydrogens (tertiary/aromatic N) is 2. The van der Waals surface area contributed by atoms with Crippen LogP contribution in [0.15, 0.2) is 60.8 Å². The lowest BCUT2D eigenvalue weighted by Gasteiger charge is -2.39. The maximum absolute atomic E-state index is 13.6. The molecule has 1 fully saturated rings. The zero-order chi connectivity index (χ0) is 16.4. The van der Waals surface area contributed by atoms with Gasteiger partial charge in [0.15, 0.2) is 0 Å². The summed E-state index contributed by atoms with van der Waals surface area (Å²) in [5.74, 6) is -0.198. The molecular weight excluding hydrogens is 303 g/mol. The first kappa shape index (κ1) is 15.2. The molecule has 0 radical (unpaired) electrons.